The molecule has 2 rings (SSSR count). The van der Waals surface area contributed by atoms with Crippen LogP contribution in [0.5, 0.6) is 0 Å². The molecule has 0 aliphatic heterocycles. The van der Waals surface area contributed by atoms with E-state index in [0.717, 1.165) is 11.6 Å². The van der Waals surface area contributed by atoms with Gasteiger partial charge in [0, 0.05) is 5.56 Å². The minimum absolute atomic E-state index is 0.0550. The van der Waals surface area contributed by atoms with Gasteiger partial charge in [-0.1, -0.05) is 17.7 Å². The predicted molar refractivity (Wildman–Crippen MR) is 72.5 cm³/mol. The molecule has 0 radical (unpaired) electrons. The number of hydrogen-bond acceptors (Lipinski definition) is 2. The monoisotopic (exact) mass is 273 g/mol. The fourth-order valence-corrected chi connectivity index (χ4v) is 1.65. The molecule has 0 saturated heterocycles. The van der Waals surface area contributed by atoms with Crippen LogP contribution in [-0.2, 0) is 0 Å². The molecule has 2 N–H and O–H groups in total. The number of aryl methyl sites for hydroxylation is 1. The summed E-state index contributed by atoms with van der Waals surface area (Å²) in [7, 11) is 0. The number of rotatable bonds is 3. The molecule has 4 nitrogen and oxygen atoms in total. The number of aromatic carboxylic acids is 1. The van der Waals surface area contributed by atoms with Gasteiger partial charge in [0.2, 0.25) is 0 Å². The van der Waals surface area contributed by atoms with Gasteiger partial charge in [-0.3, -0.25) is 4.79 Å². The molecule has 2 aromatic carbocycles. The number of carboxylic acids is 1. The van der Waals surface area contributed by atoms with Crippen molar-refractivity contribution in [3.05, 3.63) is 65.0 Å². The summed E-state index contributed by atoms with van der Waals surface area (Å²) in [5, 5.41) is 11.1. The minimum atomic E-state index is -1.22. The largest absolute Gasteiger partial charge is 0.478 e. The molecule has 102 valence electrons. The van der Waals surface area contributed by atoms with Crippen LogP contribution in [-0.4, -0.2) is 17.0 Å². The molecule has 0 aromatic heterocycles. The zero-order chi connectivity index (χ0) is 14.7. The van der Waals surface area contributed by atoms with Gasteiger partial charge in [0.05, 0.1) is 11.3 Å². The van der Waals surface area contributed by atoms with Crippen molar-refractivity contribution in [1.29, 1.82) is 0 Å². The second kappa shape index (κ2) is 5.52. The van der Waals surface area contributed by atoms with Gasteiger partial charge in [-0.25, -0.2) is 9.18 Å². The van der Waals surface area contributed by atoms with Crippen molar-refractivity contribution in [2.75, 3.05) is 5.32 Å². The highest BCUT2D eigenvalue weighted by Gasteiger charge is 2.11. The highest BCUT2D eigenvalue weighted by Crippen LogP contribution is 2.17. The van der Waals surface area contributed by atoms with E-state index in [0.29, 0.717) is 5.56 Å². The van der Waals surface area contributed by atoms with Crippen LogP contribution in [0.4, 0.5) is 10.1 Å². The number of carbonyl (C=O) groups excluding carboxylic acids is 1. The first-order valence-electron chi connectivity index (χ1n) is 5.88. The van der Waals surface area contributed by atoms with Crippen molar-refractivity contribution in [2.45, 2.75) is 6.92 Å². The maximum Gasteiger partial charge on any atom is 0.335 e. The smallest absolute Gasteiger partial charge is 0.335 e. The van der Waals surface area contributed by atoms with E-state index >= 15 is 0 Å². The van der Waals surface area contributed by atoms with E-state index in [-0.39, 0.29) is 11.3 Å². The number of nitrogens with one attached hydrogen (secondary N) is 1. The number of anilines is 1. The van der Waals surface area contributed by atoms with Crippen LogP contribution in [0.1, 0.15) is 26.3 Å². The molecule has 0 saturated carbocycles. The van der Waals surface area contributed by atoms with E-state index < -0.39 is 17.7 Å². The maximum atomic E-state index is 13.7. The minimum Gasteiger partial charge on any atom is -0.478 e. The number of hydrogen-bond donors (Lipinski definition) is 2. The SMILES string of the molecule is Cc1ccc(C(=O)Nc2ccc(C(=O)O)cc2F)cc1. The van der Waals surface area contributed by atoms with Crippen molar-refractivity contribution >= 4 is 17.6 Å². The molecule has 0 atom stereocenters. The van der Waals surface area contributed by atoms with Gasteiger partial charge >= 0.3 is 5.97 Å². The number of amides is 1. The van der Waals surface area contributed by atoms with Crippen molar-refractivity contribution in [2.24, 2.45) is 0 Å². The standard InChI is InChI=1S/C15H12FNO3/c1-9-2-4-10(5-3-9)14(18)17-13-7-6-11(15(19)20)8-12(13)16/h2-8H,1H3,(H,17,18)(H,19,20). The van der Waals surface area contributed by atoms with E-state index in [1.54, 1.807) is 24.3 Å². The number of carboxylic acid groups (broad SMARTS) is 1. The Morgan fingerprint density at radius 2 is 1.65 bits per heavy atom. The molecular formula is C15H12FNO3. The molecule has 0 fully saturated rings. The molecule has 0 aliphatic carbocycles. The van der Waals surface area contributed by atoms with E-state index in [1.807, 2.05) is 6.92 Å². The first kappa shape index (κ1) is 13.7. The average Bonchev–Trinajstić information content (AvgIpc) is 2.41. The van der Waals surface area contributed by atoms with Crippen LogP contribution in [0.2, 0.25) is 0 Å². The topological polar surface area (TPSA) is 66.4 Å². The van der Waals surface area contributed by atoms with Crippen molar-refractivity contribution in [1.82, 2.24) is 0 Å². The second-order valence-electron chi connectivity index (χ2n) is 4.32. The highest BCUT2D eigenvalue weighted by molar-refractivity contribution is 6.04. The quantitative estimate of drug-likeness (QED) is 0.903. The Labute approximate surface area is 114 Å². The number of halogens is 1. The summed E-state index contributed by atoms with van der Waals surface area (Å²) in [4.78, 5) is 22.6. The van der Waals surface area contributed by atoms with Gasteiger partial charge in [-0.2, -0.15) is 0 Å². The lowest BCUT2D eigenvalue weighted by atomic mass is 10.1. The Morgan fingerprint density at radius 1 is 1.05 bits per heavy atom. The van der Waals surface area contributed by atoms with Gasteiger partial charge in [-0.15, -0.1) is 0 Å². The lowest BCUT2D eigenvalue weighted by Crippen LogP contribution is -2.13. The van der Waals surface area contributed by atoms with Crippen LogP contribution < -0.4 is 5.32 Å². The van der Waals surface area contributed by atoms with Crippen molar-refractivity contribution in [3.8, 4) is 0 Å². The van der Waals surface area contributed by atoms with E-state index in [2.05, 4.69) is 5.32 Å². The summed E-state index contributed by atoms with van der Waals surface area (Å²) in [6.07, 6.45) is 0. The van der Waals surface area contributed by atoms with Crippen LogP contribution in [0.25, 0.3) is 0 Å². The summed E-state index contributed by atoms with van der Waals surface area (Å²) >= 11 is 0. The summed E-state index contributed by atoms with van der Waals surface area (Å²) in [5.74, 6) is -2.46. The zero-order valence-electron chi connectivity index (χ0n) is 10.7. The Bertz CT molecular complexity index is 665. The van der Waals surface area contributed by atoms with Crippen molar-refractivity contribution in [3.63, 3.8) is 0 Å². The first-order valence-corrected chi connectivity index (χ1v) is 5.88. The molecule has 0 aliphatic rings. The Morgan fingerprint density at radius 3 is 2.20 bits per heavy atom. The molecule has 5 heteroatoms. The molecule has 0 spiro atoms. The molecule has 1 amide bonds. The summed E-state index contributed by atoms with van der Waals surface area (Å²) in [5.41, 5.74) is 1.19. The van der Waals surface area contributed by atoms with Crippen molar-refractivity contribution < 1.29 is 19.1 Å². The molecule has 0 bridgehead atoms. The highest BCUT2D eigenvalue weighted by atomic mass is 19.1. The van der Waals surface area contributed by atoms with E-state index in [1.165, 1.54) is 12.1 Å². The Balaban J connectivity index is 2.19. The maximum absolute atomic E-state index is 13.7. The third kappa shape index (κ3) is 3.00. The van der Waals surface area contributed by atoms with Gasteiger partial charge in [0.25, 0.3) is 5.91 Å². The fraction of sp³-hybridized carbons (Fsp3) is 0.0667. The third-order valence-corrected chi connectivity index (χ3v) is 2.78. The lowest BCUT2D eigenvalue weighted by Gasteiger charge is -2.07. The summed E-state index contributed by atoms with van der Waals surface area (Å²) < 4.78 is 13.7. The molecule has 0 heterocycles. The van der Waals surface area contributed by atoms with E-state index in [4.69, 9.17) is 5.11 Å². The molecule has 20 heavy (non-hydrogen) atoms. The van der Waals surface area contributed by atoms with Crippen LogP contribution in [0, 0.1) is 12.7 Å². The number of carbonyl (C=O) groups is 2. The first-order chi connectivity index (χ1) is 9.47. The average molecular weight is 273 g/mol. The van der Waals surface area contributed by atoms with Gasteiger partial charge in [0.1, 0.15) is 5.82 Å². The lowest BCUT2D eigenvalue weighted by molar-refractivity contribution is 0.0696. The number of benzene rings is 2. The molecular weight excluding hydrogens is 261 g/mol. The zero-order valence-corrected chi connectivity index (χ0v) is 10.7. The predicted octanol–water partition coefficient (Wildman–Crippen LogP) is 3.08. The van der Waals surface area contributed by atoms with Crippen LogP contribution >= 0.6 is 0 Å². The Kier molecular flexibility index (Phi) is 3.79. The normalized spacial score (nSPS) is 10.1. The molecule has 0 unspecified atom stereocenters. The third-order valence-electron chi connectivity index (χ3n) is 2.78. The Hall–Kier alpha value is -2.69. The molecule has 2 aromatic rings. The van der Waals surface area contributed by atoms with Gasteiger partial charge < -0.3 is 10.4 Å². The van der Waals surface area contributed by atoms with Gasteiger partial charge in [-0.05, 0) is 37.3 Å². The second-order valence-corrected chi connectivity index (χ2v) is 4.32. The fourth-order valence-electron chi connectivity index (χ4n) is 1.65. The van der Waals surface area contributed by atoms with Crippen LogP contribution in [0.3, 0.4) is 0 Å². The summed E-state index contributed by atoms with van der Waals surface area (Å²) in [6.45, 7) is 1.89. The van der Waals surface area contributed by atoms with E-state index in [9.17, 15) is 14.0 Å². The van der Waals surface area contributed by atoms with Gasteiger partial charge in [0.15, 0.2) is 0 Å². The van der Waals surface area contributed by atoms with Crippen LogP contribution in [0.15, 0.2) is 42.5 Å². The summed E-state index contributed by atoms with van der Waals surface area (Å²) in [6, 6.07) is 10.1.